The van der Waals surface area contributed by atoms with Gasteiger partial charge in [0.05, 0.1) is 0 Å². The first-order chi connectivity index (χ1) is 3.12. The quantitative estimate of drug-likeness (QED) is 0.432. The van der Waals surface area contributed by atoms with Crippen molar-refractivity contribution in [1.29, 1.82) is 0 Å². The van der Waals surface area contributed by atoms with Crippen molar-refractivity contribution >= 4 is 6.29 Å². The van der Waals surface area contributed by atoms with Crippen molar-refractivity contribution in [3.05, 3.63) is 0 Å². The highest BCUT2D eigenvalue weighted by molar-refractivity contribution is 5.57. The molecule has 0 saturated heterocycles. The molecule has 0 aromatic heterocycles. The summed E-state index contributed by atoms with van der Waals surface area (Å²) in [5.74, 6) is 0. The smallest absolute Gasteiger partial charge is 0.204 e. The van der Waals surface area contributed by atoms with E-state index in [1.54, 1.807) is 20.1 Å². The van der Waals surface area contributed by atoms with Crippen molar-refractivity contribution in [2.24, 2.45) is 5.41 Å². The van der Waals surface area contributed by atoms with E-state index in [1.807, 2.05) is 0 Å². The van der Waals surface area contributed by atoms with Crippen LogP contribution in [-0.4, -0.2) is 6.29 Å². The highest BCUT2D eigenvalue weighted by atomic mass is 16.1. The number of carbonyl (C=O) groups excluding carboxylic acids is 1. The zero-order chi connectivity index (χ0) is 5.91. The van der Waals surface area contributed by atoms with E-state index in [2.05, 4.69) is 0 Å². The van der Waals surface area contributed by atoms with Crippen LogP contribution in [0.25, 0.3) is 0 Å². The van der Waals surface area contributed by atoms with E-state index in [0.29, 0.717) is 0 Å². The normalized spacial score (nSPS) is 13.3. The van der Waals surface area contributed by atoms with Gasteiger partial charge in [-0.1, -0.05) is 20.7 Å². The number of hydrogen-bond acceptors (Lipinski definition) is 1. The Morgan fingerprint density at radius 3 is 2.33 bits per heavy atom. The maximum Gasteiger partial charge on any atom is 0.204 e. The summed E-state index contributed by atoms with van der Waals surface area (Å²) in [6.45, 7) is 3.50. The van der Waals surface area contributed by atoms with Crippen molar-refractivity contribution in [3.63, 3.8) is 0 Å². The molecule has 0 bridgehead atoms. The van der Waals surface area contributed by atoms with Gasteiger partial charge in [0.15, 0.2) is 0 Å². The monoisotopic (exact) mass is 86.1 g/mol. The highest BCUT2D eigenvalue weighted by Gasteiger charge is 2.06. The Bertz CT molecular complexity index is 68.5. The molecular formula is C5H9O. The van der Waals surface area contributed by atoms with E-state index in [-0.39, 0.29) is 6.90 Å². The number of rotatable bonds is 0. The Kier molecular flexibility index (Phi) is 0.906. The Morgan fingerprint density at radius 1 is 1.83 bits per heavy atom. The fraction of sp³-hybridized carbons (Fsp3) is 0.800. The van der Waals surface area contributed by atoms with Crippen molar-refractivity contribution in [2.45, 2.75) is 20.7 Å². The zero-order valence-electron chi connectivity index (χ0n) is 5.12. The summed E-state index contributed by atoms with van der Waals surface area (Å²) in [4.78, 5) is 9.81. The topological polar surface area (TPSA) is 17.1 Å². The molecule has 1 radical (unpaired) electrons. The molecule has 0 aliphatic heterocycles. The molecule has 0 rings (SSSR count). The van der Waals surface area contributed by atoms with E-state index < -0.39 is 5.41 Å². The van der Waals surface area contributed by atoms with Crippen LogP contribution in [0.5, 0.6) is 0 Å². The molecular weight excluding hydrogens is 76.1 g/mol. The summed E-state index contributed by atoms with van der Waals surface area (Å²) in [6, 6.07) is 0. The average molecular weight is 86.1 g/mol. The molecule has 0 aliphatic carbocycles. The molecule has 1 heteroatoms. The lowest BCUT2D eigenvalue weighted by atomic mass is 10.0. The van der Waals surface area contributed by atoms with Gasteiger partial charge >= 0.3 is 0 Å². The van der Waals surface area contributed by atoms with E-state index in [4.69, 9.17) is 1.37 Å². The van der Waals surface area contributed by atoms with Gasteiger partial charge < -0.3 is 0 Å². The second-order valence-corrected chi connectivity index (χ2v) is 1.99. The first kappa shape index (κ1) is 3.85. The molecule has 0 aromatic rings. The van der Waals surface area contributed by atoms with Crippen molar-refractivity contribution in [2.75, 3.05) is 0 Å². The van der Waals surface area contributed by atoms with E-state index in [0.717, 1.165) is 0 Å². The van der Waals surface area contributed by atoms with Crippen LogP contribution in [0.3, 0.4) is 0 Å². The van der Waals surface area contributed by atoms with Gasteiger partial charge in [-0.15, -0.1) is 0 Å². The lowest BCUT2D eigenvalue weighted by Gasteiger charge is -2.02. The van der Waals surface area contributed by atoms with Crippen LogP contribution >= 0.6 is 0 Å². The second-order valence-electron chi connectivity index (χ2n) is 1.99. The van der Waals surface area contributed by atoms with Crippen LogP contribution in [0.15, 0.2) is 0 Å². The Labute approximate surface area is 39.8 Å². The van der Waals surface area contributed by atoms with Crippen LogP contribution in [0, 0.1) is 5.41 Å². The summed E-state index contributed by atoms with van der Waals surface area (Å²) in [7, 11) is 0. The molecule has 1 nitrogen and oxygen atoms in total. The average Bonchev–Trinajstić information content (AvgIpc) is 1.68. The summed E-state index contributed by atoms with van der Waals surface area (Å²) >= 11 is 0. The summed E-state index contributed by atoms with van der Waals surface area (Å²) < 4.78 is 6.74. The van der Waals surface area contributed by atoms with Gasteiger partial charge in [-0.25, -0.2) is 0 Å². The Hall–Kier alpha value is -0.330. The molecule has 0 unspecified atom stereocenters. The predicted molar refractivity (Wildman–Crippen MR) is 25.1 cm³/mol. The van der Waals surface area contributed by atoms with E-state index in [9.17, 15) is 4.79 Å². The van der Waals surface area contributed by atoms with Gasteiger partial charge in [-0.3, -0.25) is 4.79 Å². The summed E-state index contributed by atoms with van der Waals surface area (Å²) in [5, 5.41) is 0. The SMILES string of the molecule is [2H]CC(C)(C)[C]=O. The molecule has 6 heavy (non-hydrogen) atoms. The minimum Gasteiger partial charge on any atom is -0.290 e. The molecule has 0 spiro atoms. The maximum absolute atomic E-state index is 9.81. The fourth-order valence-corrected chi connectivity index (χ4v) is 0. The minimum atomic E-state index is -0.556. The van der Waals surface area contributed by atoms with E-state index >= 15 is 0 Å². The van der Waals surface area contributed by atoms with Crippen molar-refractivity contribution in [1.82, 2.24) is 0 Å². The predicted octanol–water partition coefficient (Wildman–Crippen LogP) is 1.14. The lowest BCUT2D eigenvalue weighted by molar-refractivity contribution is 0.479. The summed E-state index contributed by atoms with van der Waals surface area (Å²) in [5.41, 5.74) is -0.556. The maximum atomic E-state index is 9.81. The molecule has 35 valence electrons. The molecule has 0 N–H and O–H groups in total. The molecule has 0 heterocycles. The van der Waals surface area contributed by atoms with Gasteiger partial charge in [-0.2, -0.15) is 0 Å². The standard InChI is InChI=1S/C5H9O/c1-5(2,3)4-6/h1-3H3/i1D. The van der Waals surface area contributed by atoms with E-state index in [1.165, 1.54) is 0 Å². The third-order valence-electron chi connectivity index (χ3n) is 0.276. The fourth-order valence-electron chi connectivity index (χ4n) is 0. The van der Waals surface area contributed by atoms with Crippen LogP contribution < -0.4 is 0 Å². The van der Waals surface area contributed by atoms with Crippen LogP contribution in [0.1, 0.15) is 22.1 Å². The van der Waals surface area contributed by atoms with Crippen molar-refractivity contribution < 1.29 is 6.17 Å². The molecule has 0 fully saturated rings. The third-order valence-corrected chi connectivity index (χ3v) is 0.276. The third kappa shape index (κ3) is 3.67. The highest BCUT2D eigenvalue weighted by Crippen LogP contribution is 2.05. The largest absolute Gasteiger partial charge is 0.290 e. The molecule has 0 aromatic carbocycles. The van der Waals surface area contributed by atoms with Crippen LogP contribution in [0.2, 0.25) is 0 Å². The molecule has 0 amide bonds. The van der Waals surface area contributed by atoms with Gasteiger partial charge in [-0.05, 0) is 0 Å². The van der Waals surface area contributed by atoms with Gasteiger partial charge in [0.25, 0.3) is 0 Å². The first-order valence-corrected chi connectivity index (χ1v) is 1.81. The summed E-state index contributed by atoms with van der Waals surface area (Å²) in [6.07, 6.45) is 1.75. The first-order valence-electron chi connectivity index (χ1n) is 2.51. The number of hydrogen-bond donors (Lipinski definition) is 0. The molecule has 0 saturated carbocycles. The van der Waals surface area contributed by atoms with Gasteiger partial charge in [0, 0.05) is 6.79 Å². The van der Waals surface area contributed by atoms with Gasteiger partial charge in [0.1, 0.15) is 0 Å². The molecule has 0 atom stereocenters. The minimum absolute atomic E-state index is 0.122. The lowest BCUT2D eigenvalue weighted by Crippen LogP contribution is -2.04. The van der Waals surface area contributed by atoms with Crippen LogP contribution in [-0.2, 0) is 4.79 Å². The zero-order valence-corrected chi connectivity index (χ0v) is 4.12. The van der Waals surface area contributed by atoms with Gasteiger partial charge in [0.2, 0.25) is 6.29 Å². The molecule has 0 aliphatic rings. The Morgan fingerprint density at radius 2 is 2.33 bits per heavy atom. The van der Waals surface area contributed by atoms with Crippen LogP contribution in [0.4, 0.5) is 0 Å². The van der Waals surface area contributed by atoms with Crippen molar-refractivity contribution in [3.8, 4) is 0 Å². The second kappa shape index (κ2) is 1.41. The Balaban J connectivity index is 3.58.